The SMILES string of the molecule is O=C([O-])CCC(=O)Nc1cc(NC(=O)CCC(=O)[O-])cc(C(=O)[O-])c1. The van der Waals surface area contributed by atoms with E-state index in [1.807, 2.05) is 0 Å². The summed E-state index contributed by atoms with van der Waals surface area (Å²) in [6.45, 7) is 0. The number of carboxylic acids is 3. The molecule has 0 aliphatic heterocycles. The topological polar surface area (TPSA) is 179 Å². The monoisotopic (exact) mass is 349 g/mol. The van der Waals surface area contributed by atoms with E-state index in [0.717, 1.165) is 12.1 Å². The molecule has 0 saturated carbocycles. The second-order valence-corrected chi connectivity index (χ2v) is 4.93. The normalized spacial score (nSPS) is 9.92. The third-order valence-electron chi connectivity index (χ3n) is 2.85. The molecule has 134 valence electrons. The van der Waals surface area contributed by atoms with Gasteiger partial charge in [0, 0.05) is 41.7 Å². The molecule has 2 amide bonds. The minimum Gasteiger partial charge on any atom is -0.550 e. The molecule has 25 heavy (non-hydrogen) atoms. The van der Waals surface area contributed by atoms with Crippen molar-refractivity contribution in [2.75, 3.05) is 10.6 Å². The summed E-state index contributed by atoms with van der Waals surface area (Å²) in [5.74, 6) is -5.81. The summed E-state index contributed by atoms with van der Waals surface area (Å²) in [5.41, 5.74) is -0.381. The van der Waals surface area contributed by atoms with Crippen LogP contribution in [-0.2, 0) is 19.2 Å². The Labute approximate surface area is 141 Å². The van der Waals surface area contributed by atoms with Crippen molar-refractivity contribution in [1.29, 1.82) is 0 Å². The Kier molecular flexibility index (Phi) is 7.07. The summed E-state index contributed by atoms with van der Waals surface area (Å²) >= 11 is 0. The van der Waals surface area contributed by atoms with Crippen LogP contribution in [0.2, 0.25) is 0 Å². The Morgan fingerprint density at radius 3 is 1.40 bits per heavy atom. The van der Waals surface area contributed by atoms with E-state index in [1.165, 1.54) is 6.07 Å². The van der Waals surface area contributed by atoms with Crippen molar-refractivity contribution in [2.45, 2.75) is 25.7 Å². The summed E-state index contributed by atoms with van der Waals surface area (Å²) in [6, 6.07) is 3.34. The van der Waals surface area contributed by atoms with E-state index in [4.69, 9.17) is 0 Å². The Morgan fingerprint density at radius 2 is 1.08 bits per heavy atom. The molecule has 0 saturated heterocycles. The molecule has 0 fully saturated rings. The van der Waals surface area contributed by atoms with Gasteiger partial charge in [0.15, 0.2) is 0 Å². The zero-order valence-electron chi connectivity index (χ0n) is 12.8. The highest BCUT2D eigenvalue weighted by atomic mass is 16.4. The van der Waals surface area contributed by atoms with Crippen LogP contribution < -0.4 is 26.0 Å². The number of nitrogens with one attached hydrogen (secondary N) is 2. The Balaban J connectivity index is 2.88. The van der Waals surface area contributed by atoms with Crippen molar-refractivity contribution in [3.63, 3.8) is 0 Å². The molecule has 10 heteroatoms. The van der Waals surface area contributed by atoms with Crippen molar-refractivity contribution in [3.8, 4) is 0 Å². The van der Waals surface area contributed by atoms with E-state index in [0.29, 0.717) is 0 Å². The second-order valence-electron chi connectivity index (χ2n) is 4.93. The van der Waals surface area contributed by atoms with Crippen molar-refractivity contribution < 1.29 is 39.3 Å². The highest BCUT2D eigenvalue weighted by Crippen LogP contribution is 2.19. The van der Waals surface area contributed by atoms with Gasteiger partial charge in [-0.05, 0) is 31.0 Å². The number of carboxylic acid groups (broad SMARTS) is 3. The number of benzene rings is 1. The van der Waals surface area contributed by atoms with E-state index in [-0.39, 0.29) is 29.8 Å². The van der Waals surface area contributed by atoms with Gasteiger partial charge in [0.25, 0.3) is 0 Å². The first-order valence-corrected chi connectivity index (χ1v) is 7.03. The zero-order chi connectivity index (χ0) is 19.0. The van der Waals surface area contributed by atoms with Crippen LogP contribution in [0.3, 0.4) is 0 Å². The number of hydrogen-bond acceptors (Lipinski definition) is 8. The van der Waals surface area contributed by atoms with Gasteiger partial charge in [-0.15, -0.1) is 0 Å². The quantitative estimate of drug-likeness (QED) is 0.473. The number of carbonyl (C=O) groups excluding carboxylic acids is 5. The van der Waals surface area contributed by atoms with E-state index in [1.54, 1.807) is 0 Å². The van der Waals surface area contributed by atoms with Gasteiger partial charge in [-0.2, -0.15) is 0 Å². The van der Waals surface area contributed by atoms with Gasteiger partial charge in [0.1, 0.15) is 0 Å². The molecule has 1 aromatic rings. The third-order valence-corrected chi connectivity index (χ3v) is 2.85. The van der Waals surface area contributed by atoms with Crippen LogP contribution in [0.4, 0.5) is 11.4 Å². The number of carbonyl (C=O) groups is 5. The highest BCUT2D eigenvalue weighted by Gasteiger charge is 2.09. The molecule has 0 aromatic heterocycles. The van der Waals surface area contributed by atoms with Gasteiger partial charge in [-0.3, -0.25) is 9.59 Å². The predicted molar refractivity (Wildman–Crippen MR) is 76.5 cm³/mol. The molecule has 0 unspecified atom stereocenters. The summed E-state index contributed by atoms with van der Waals surface area (Å²) in [6.07, 6.45) is -1.80. The lowest BCUT2D eigenvalue weighted by atomic mass is 10.1. The third kappa shape index (κ3) is 7.59. The van der Waals surface area contributed by atoms with Crippen LogP contribution in [0.15, 0.2) is 18.2 Å². The second kappa shape index (κ2) is 9.01. The van der Waals surface area contributed by atoms with Crippen molar-refractivity contribution >= 4 is 41.1 Å². The minimum absolute atomic E-state index is 0.0137. The largest absolute Gasteiger partial charge is 0.550 e. The fourth-order valence-corrected chi connectivity index (χ4v) is 1.77. The molecule has 0 aliphatic rings. The lowest BCUT2D eigenvalue weighted by Crippen LogP contribution is -2.25. The van der Waals surface area contributed by atoms with E-state index in [9.17, 15) is 39.3 Å². The van der Waals surface area contributed by atoms with Gasteiger partial charge in [0.05, 0.1) is 5.97 Å². The first-order chi connectivity index (χ1) is 11.7. The molecule has 1 rings (SSSR count). The number of amides is 2. The fraction of sp³-hybridized carbons (Fsp3) is 0.267. The lowest BCUT2D eigenvalue weighted by Gasteiger charge is -2.13. The Hall–Kier alpha value is -3.43. The molecule has 2 N–H and O–H groups in total. The first kappa shape index (κ1) is 19.6. The van der Waals surface area contributed by atoms with Gasteiger partial charge in [-0.1, -0.05) is 0 Å². The number of rotatable bonds is 9. The summed E-state index contributed by atoms with van der Waals surface area (Å²) < 4.78 is 0. The predicted octanol–water partition coefficient (Wildman–Crippen LogP) is -3.01. The fourth-order valence-electron chi connectivity index (χ4n) is 1.77. The molecule has 0 radical (unpaired) electrons. The summed E-state index contributed by atoms with van der Waals surface area (Å²) in [5, 5.41) is 36.2. The van der Waals surface area contributed by atoms with E-state index < -0.39 is 42.6 Å². The van der Waals surface area contributed by atoms with E-state index >= 15 is 0 Å². The Bertz CT molecular complexity index is 663. The van der Waals surface area contributed by atoms with Crippen LogP contribution in [0.1, 0.15) is 36.0 Å². The maximum atomic E-state index is 11.6. The molecular weight excluding hydrogens is 336 g/mol. The maximum Gasteiger partial charge on any atom is 0.224 e. The number of anilines is 2. The molecule has 10 nitrogen and oxygen atoms in total. The molecule has 0 bridgehead atoms. The van der Waals surface area contributed by atoms with Crippen LogP contribution in [0, 0.1) is 0 Å². The van der Waals surface area contributed by atoms with E-state index in [2.05, 4.69) is 10.6 Å². The number of aliphatic carboxylic acids is 2. The van der Waals surface area contributed by atoms with Crippen LogP contribution >= 0.6 is 0 Å². The smallest absolute Gasteiger partial charge is 0.224 e. The standard InChI is InChI=1S/C15H16N2O8/c18-11(1-3-13(20)21)16-9-5-8(15(24)25)6-10(7-9)17-12(19)2-4-14(22)23/h5-7H,1-4H2,(H,16,18)(H,17,19)(H,20,21)(H,22,23)(H,24,25)/p-3. The average Bonchev–Trinajstić information content (AvgIpc) is 2.50. The first-order valence-electron chi connectivity index (χ1n) is 7.03. The summed E-state index contributed by atoms with van der Waals surface area (Å²) in [4.78, 5) is 54.8. The highest BCUT2D eigenvalue weighted by molar-refractivity contribution is 5.98. The minimum atomic E-state index is -1.57. The number of aromatic carboxylic acids is 1. The van der Waals surface area contributed by atoms with Gasteiger partial charge >= 0.3 is 0 Å². The molecule has 0 heterocycles. The molecule has 1 aromatic carbocycles. The Morgan fingerprint density at radius 1 is 0.680 bits per heavy atom. The van der Waals surface area contributed by atoms with Gasteiger partial charge < -0.3 is 40.3 Å². The number of hydrogen-bond donors (Lipinski definition) is 2. The van der Waals surface area contributed by atoms with Crippen LogP contribution in [-0.4, -0.2) is 29.7 Å². The van der Waals surface area contributed by atoms with Gasteiger partial charge in [-0.25, -0.2) is 0 Å². The van der Waals surface area contributed by atoms with Crippen molar-refractivity contribution in [3.05, 3.63) is 23.8 Å². The summed E-state index contributed by atoms with van der Waals surface area (Å²) in [7, 11) is 0. The van der Waals surface area contributed by atoms with Gasteiger partial charge in [0.2, 0.25) is 11.8 Å². The van der Waals surface area contributed by atoms with Crippen molar-refractivity contribution in [2.24, 2.45) is 0 Å². The van der Waals surface area contributed by atoms with Crippen LogP contribution in [0.5, 0.6) is 0 Å². The average molecular weight is 349 g/mol. The molecule has 0 aliphatic carbocycles. The van der Waals surface area contributed by atoms with Crippen LogP contribution in [0.25, 0.3) is 0 Å². The lowest BCUT2D eigenvalue weighted by molar-refractivity contribution is -0.307. The molecule has 0 atom stereocenters. The van der Waals surface area contributed by atoms with Crippen molar-refractivity contribution in [1.82, 2.24) is 0 Å². The maximum absolute atomic E-state index is 11.6. The zero-order valence-corrected chi connectivity index (χ0v) is 12.8. The molecular formula is C15H13N2O8-3. The molecule has 0 spiro atoms.